The number of benzene rings is 1. The molecule has 0 saturated heterocycles. The fourth-order valence-electron chi connectivity index (χ4n) is 1.60. The van der Waals surface area contributed by atoms with Crippen LogP contribution in [0.1, 0.15) is 16.2 Å². The Labute approximate surface area is 122 Å². The minimum absolute atomic E-state index is 0.183. The fraction of sp³-hybridized carbons (Fsp3) is 0.167. The van der Waals surface area contributed by atoms with E-state index in [1.807, 2.05) is 25.1 Å². The maximum absolute atomic E-state index is 12.1. The molecule has 18 heavy (non-hydrogen) atoms. The van der Waals surface area contributed by atoms with Crippen LogP contribution < -0.4 is 5.32 Å². The highest BCUT2D eigenvalue weighted by molar-refractivity contribution is 9.11. The van der Waals surface area contributed by atoms with E-state index in [4.69, 9.17) is 0 Å². The van der Waals surface area contributed by atoms with Gasteiger partial charge in [-0.15, -0.1) is 0 Å². The summed E-state index contributed by atoms with van der Waals surface area (Å²) in [6, 6.07) is 7.36. The van der Waals surface area contributed by atoms with Gasteiger partial charge in [-0.25, -0.2) is 0 Å². The molecule has 1 N–H and O–H groups in total. The summed E-state index contributed by atoms with van der Waals surface area (Å²) in [4.78, 5) is 12.1. The first-order valence-electron chi connectivity index (χ1n) is 5.24. The van der Waals surface area contributed by atoms with Crippen LogP contribution in [0.25, 0.3) is 0 Å². The van der Waals surface area contributed by atoms with Gasteiger partial charge in [0.15, 0.2) is 0 Å². The highest BCUT2D eigenvalue weighted by atomic mass is 79.9. The smallest absolute Gasteiger partial charge is 0.273 e. The van der Waals surface area contributed by atoms with E-state index in [2.05, 4.69) is 42.3 Å². The molecule has 1 heterocycles. The number of anilines is 1. The molecule has 1 aromatic carbocycles. The van der Waals surface area contributed by atoms with E-state index in [0.717, 1.165) is 14.6 Å². The van der Waals surface area contributed by atoms with Crippen LogP contribution in [0.5, 0.6) is 0 Å². The molecule has 6 heteroatoms. The number of nitrogens with one attached hydrogen (secondary N) is 1. The van der Waals surface area contributed by atoms with Crippen molar-refractivity contribution in [3.05, 3.63) is 44.6 Å². The van der Waals surface area contributed by atoms with E-state index in [1.54, 1.807) is 17.8 Å². The number of hydrogen-bond donors (Lipinski definition) is 1. The summed E-state index contributed by atoms with van der Waals surface area (Å²) in [5, 5.41) is 6.99. The Kier molecular flexibility index (Phi) is 3.87. The summed E-state index contributed by atoms with van der Waals surface area (Å²) >= 11 is 6.77. The molecule has 0 aliphatic rings. The van der Waals surface area contributed by atoms with Crippen LogP contribution >= 0.6 is 31.9 Å². The Hall–Kier alpha value is -1.14. The highest BCUT2D eigenvalue weighted by Crippen LogP contribution is 2.26. The third kappa shape index (κ3) is 2.81. The first kappa shape index (κ1) is 13.3. The molecule has 2 rings (SSSR count). The average molecular weight is 373 g/mol. The number of carbonyl (C=O) groups is 1. The van der Waals surface area contributed by atoms with Gasteiger partial charge in [-0.3, -0.25) is 9.48 Å². The second kappa shape index (κ2) is 5.24. The third-order valence-electron chi connectivity index (χ3n) is 2.41. The highest BCUT2D eigenvalue weighted by Gasteiger charge is 2.13. The zero-order valence-electron chi connectivity index (χ0n) is 9.87. The second-order valence-electron chi connectivity index (χ2n) is 3.87. The van der Waals surface area contributed by atoms with Gasteiger partial charge >= 0.3 is 0 Å². The standard InChI is InChI=1S/C12H11Br2N3O/c1-7-5-11(17(2)16-7)12(18)15-10-6-8(13)3-4-9(10)14/h3-6H,1-2H3,(H,15,18). The lowest BCUT2D eigenvalue weighted by atomic mass is 10.3. The summed E-state index contributed by atoms with van der Waals surface area (Å²) in [5.74, 6) is -0.183. The van der Waals surface area contributed by atoms with E-state index in [1.165, 1.54) is 0 Å². The van der Waals surface area contributed by atoms with Crippen molar-refractivity contribution in [3.63, 3.8) is 0 Å². The van der Waals surface area contributed by atoms with Gasteiger partial charge < -0.3 is 5.32 Å². The molecule has 4 nitrogen and oxygen atoms in total. The maximum atomic E-state index is 12.1. The third-order valence-corrected chi connectivity index (χ3v) is 3.60. The Morgan fingerprint density at radius 3 is 2.67 bits per heavy atom. The van der Waals surface area contributed by atoms with Gasteiger partial charge in [-0.05, 0) is 47.1 Å². The van der Waals surface area contributed by atoms with Crippen molar-refractivity contribution in [2.45, 2.75) is 6.92 Å². The fourth-order valence-corrected chi connectivity index (χ4v) is 2.31. The van der Waals surface area contributed by atoms with E-state index >= 15 is 0 Å². The first-order chi connectivity index (χ1) is 8.47. The average Bonchev–Trinajstić information content (AvgIpc) is 2.63. The summed E-state index contributed by atoms with van der Waals surface area (Å²) in [7, 11) is 1.75. The molecule has 0 atom stereocenters. The van der Waals surface area contributed by atoms with Crippen molar-refractivity contribution < 1.29 is 4.79 Å². The summed E-state index contributed by atoms with van der Waals surface area (Å²) < 4.78 is 3.30. The van der Waals surface area contributed by atoms with Gasteiger partial charge in [-0.2, -0.15) is 5.10 Å². The maximum Gasteiger partial charge on any atom is 0.273 e. The van der Waals surface area contributed by atoms with Gasteiger partial charge in [0, 0.05) is 16.0 Å². The molecular formula is C12H11Br2N3O. The Balaban J connectivity index is 2.26. The number of nitrogens with zero attached hydrogens (tertiary/aromatic N) is 2. The monoisotopic (exact) mass is 371 g/mol. The molecule has 2 aromatic rings. The summed E-state index contributed by atoms with van der Waals surface area (Å²) in [5.41, 5.74) is 2.06. The number of amides is 1. The lowest BCUT2D eigenvalue weighted by Crippen LogP contribution is -2.16. The number of hydrogen-bond acceptors (Lipinski definition) is 2. The van der Waals surface area contributed by atoms with Crippen LogP contribution in [-0.2, 0) is 7.05 Å². The molecule has 0 bridgehead atoms. The molecule has 1 aromatic heterocycles. The van der Waals surface area contributed by atoms with Crippen molar-refractivity contribution in [2.24, 2.45) is 7.05 Å². The van der Waals surface area contributed by atoms with E-state index in [9.17, 15) is 4.79 Å². The molecule has 0 aliphatic carbocycles. The largest absolute Gasteiger partial charge is 0.320 e. The van der Waals surface area contributed by atoms with Crippen LogP contribution in [-0.4, -0.2) is 15.7 Å². The summed E-state index contributed by atoms with van der Waals surface area (Å²) in [6.07, 6.45) is 0. The summed E-state index contributed by atoms with van der Waals surface area (Å²) in [6.45, 7) is 1.85. The molecule has 1 amide bonds. The van der Waals surface area contributed by atoms with Crippen LogP contribution in [0.2, 0.25) is 0 Å². The first-order valence-corrected chi connectivity index (χ1v) is 6.83. The zero-order valence-corrected chi connectivity index (χ0v) is 13.0. The van der Waals surface area contributed by atoms with Crippen LogP contribution in [0.3, 0.4) is 0 Å². The lowest BCUT2D eigenvalue weighted by molar-refractivity contribution is 0.101. The second-order valence-corrected chi connectivity index (χ2v) is 5.64. The predicted molar refractivity (Wildman–Crippen MR) is 77.7 cm³/mol. The number of carbonyl (C=O) groups excluding carboxylic acids is 1. The van der Waals surface area contributed by atoms with Gasteiger partial charge in [-0.1, -0.05) is 15.9 Å². The molecule has 0 aliphatic heterocycles. The molecule has 94 valence electrons. The van der Waals surface area contributed by atoms with Gasteiger partial charge in [0.05, 0.1) is 11.4 Å². The number of rotatable bonds is 2. The van der Waals surface area contributed by atoms with Crippen LogP contribution in [0, 0.1) is 6.92 Å². The van der Waals surface area contributed by atoms with Gasteiger partial charge in [0.1, 0.15) is 5.69 Å². The Morgan fingerprint density at radius 1 is 1.33 bits per heavy atom. The SMILES string of the molecule is Cc1cc(C(=O)Nc2cc(Br)ccc2Br)n(C)n1. The predicted octanol–water partition coefficient (Wildman–Crippen LogP) is 3.51. The Bertz CT molecular complexity index is 607. The molecule has 0 radical (unpaired) electrons. The molecule has 0 fully saturated rings. The van der Waals surface area contributed by atoms with Crippen LogP contribution in [0.15, 0.2) is 33.2 Å². The number of aryl methyl sites for hydroxylation is 2. The Morgan fingerprint density at radius 2 is 2.06 bits per heavy atom. The quantitative estimate of drug-likeness (QED) is 0.876. The minimum atomic E-state index is -0.183. The minimum Gasteiger partial charge on any atom is -0.320 e. The van der Waals surface area contributed by atoms with Crippen molar-refractivity contribution in [1.82, 2.24) is 9.78 Å². The topological polar surface area (TPSA) is 46.9 Å². The number of halogens is 2. The number of aromatic nitrogens is 2. The molecule has 0 saturated carbocycles. The van der Waals surface area contributed by atoms with Crippen molar-refractivity contribution in [2.75, 3.05) is 5.32 Å². The van der Waals surface area contributed by atoms with E-state index in [0.29, 0.717) is 11.4 Å². The molecule has 0 spiro atoms. The molecular weight excluding hydrogens is 362 g/mol. The van der Waals surface area contributed by atoms with Gasteiger partial charge in [0.25, 0.3) is 5.91 Å². The van der Waals surface area contributed by atoms with E-state index in [-0.39, 0.29) is 5.91 Å². The van der Waals surface area contributed by atoms with Crippen LogP contribution in [0.4, 0.5) is 5.69 Å². The van der Waals surface area contributed by atoms with Gasteiger partial charge in [0.2, 0.25) is 0 Å². The van der Waals surface area contributed by atoms with Crippen molar-refractivity contribution >= 4 is 43.5 Å². The normalized spacial score (nSPS) is 10.4. The zero-order chi connectivity index (χ0) is 13.3. The van der Waals surface area contributed by atoms with Crippen molar-refractivity contribution in [1.29, 1.82) is 0 Å². The molecule has 0 unspecified atom stereocenters. The van der Waals surface area contributed by atoms with E-state index < -0.39 is 0 Å². The lowest BCUT2D eigenvalue weighted by Gasteiger charge is -2.07. The van der Waals surface area contributed by atoms with Crippen molar-refractivity contribution in [3.8, 4) is 0 Å².